The normalized spacial score (nSPS) is 13.6. The molecule has 0 aliphatic carbocycles. The second-order valence-electron chi connectivity index (χ2n) is 5.10. The molecule has 7 nitrogen and oxygen atoms in total. The van der Waals surface area contributed by atoms with Crippen molar-refractivity contribution in [2.45, 2.75) is 6.54 Å². The van der Waals surface area contributed by atoms with E-state index in [4.69, 9.17) is 5.73 Å². The van der Waals surface area contributed by atoms with Gasteiger partial charge in [-0.25, -0.2) is 10.2 Å². The number of nitrogens with two attached hydrogens (primary N) is 1. The van der Waals surface area contributed by atoms with Crippen LogP contribution in [0.3, 0.4) is 0 Å². The van der Waals surface area contributed by atoms with Gasteiger partial charge in [0.1, 0.15) is 0 Å². The lowest BCUT2D eigenvalue weighted by atomic mass is 10.1. The predicted molar refractivity (Wildman–Crippen MR) is 78.2 cm³/mol. The molecule has 1 aromatic heterocycles. The number of hydrazone groups is 1. The van der Waals surface area contributed by atoms with E-state index in [0.717, 1.165) is 5.56 Å². The van der Waals surface area contributed by atoms with Gasteiger partial charge in [-0.1, -0.05) is 0 Å². The van der Waals surface area contributed by atoms with Gasteiger partial charge in [0.05, 0.1) is 23.0 Å². The van der Waals surface area contributed by atoms with Gasteiger partial charge in [0, 0.05) is 17.5 Å². The van der Waals surface area contributed by atoms with Gasteiger partial charge < -0.3 is 10.6 Å². The van der Waals surface area contributed by atoms with Gasteiger partial charge >= 0.3 is 6.03 Å². The maximum absolute atomic E-state index is 12.0. The minimum absolute atomic E-state index is 0.329. The molecule has 0 fully saturated rings. The van der Waals surface area contributed by atoms with E-state index in [-0.39, 0.29) is 5.91 Å². The number of hydrogen-bond donors (Lipinski definition) is 2. The van der Waals surface area contributed by atoms with Crippen molar-refractivity contribution >= 4 is 29.1 Å². The molecule has 1 aromatic carbocycles. The number of benzene rings is 1. The van der Waals surface area contributed by atoms with Crippen LogP contribution in [0.25, 0.3) is 10.9 Å². The van der Waals surface area contributed by atoms with Crippen LogP contribution in [0.5, 0.6) is 0 Å². The van der Waals surface area contributed by atoms with Crippen molar-refractivity contribution in [3.63, 3.8) is 0 Å². The third kappa shape index (κ3) is 1.98. The van der Waals surface area contributed by atoms with Gasteiger partial charge in [-0.05, 0) is 32.3 Å². The minimum Gasteiger partial charge on any atom is -0.351 e. The summed E-state index contributed by atoms with van der Waals surface area (Å²) in [5, 5.41) is 4.58. The number of amides is 2. The van der Waals surface area contributed by atoms with Gasteiger partial charge in [-0.3, -0.25) is 9.36 Å². The van der Waals surface area contributed by atoms with Crippen LogP contribution in [0.2, 0.25) is 0 Å². The molecule has 0 atom stereocenters. The molecule has 1 radical (unpaired) electrons. The van der Waals surface area contributed by atoms with E-state index in [0.29, 0.717) is 28.7 Å². The highest BCUT2D eigenvalue weighted by Gasteiger charge is 2.25. The lowest BCUT2D eigenvalue weighted by Crippen LogP contribution is -2.25. The third-order valence-corrected chi connectivity index (χ3v) is 3.36. The van der Waals surface area contributed by atoms with Gasteiger partial charge in [-0.15, -0.1) is 0 Å². The number of rotatable bonds is 2. The molecular formula is C14H14N5O2. The predicted octanol–water partition coefficient (Wildman–Crippen LogP) is 0.507. The topological polar surface area (TPSA) is 92.7 Å². The van der Waals surface area contributed by atoms with Crippen LogP contribution in [0.1, 0.15) is 21.6 Å². The molecule has 2 aromatic rings. The van der Waals surface area contributed by atoms with Crippen LogP contribution in [-0.2, 0) is 6.54 Å². The van der Waals surface area contributed by atoms with Crippen molar-refractivity contribution in [1.29, 1.82) is 0 Å². The van der Waals surface area contributed by atoms with Crippen molar-refractivity contribution in [2.75, 3.05) is 14.1 Å². The maximum atomic E-state index is 12.0. The smallest absolute Gasteiger partial charge is 0.323 e. The Kier molecular flexibility index (Phi) is 2.99. The van der Waals surface area contributed by atoms with Crippen LogP contribution < -0.4 is 11.2 Å². The van der Waals surface area contributed by atoms with E-state index in [9.17, 15) is 9.59 Å². The highest BCUT2D eigenvalue weighted by atomic mass is 16.2. The summed E-state index contributed by atoms with van der Waals surface area (Å²) >= 11 is 0. The molecule has 0 unspecified atom stereocenters. The molecule has 21 heavy (non-hydrogen) atoms. The summed E-state index contributed by atoms with van der Waals surface area (Å²) in [7, 11) is 3.78. The van der Waals surface area contributed by atoms with E-state index in [2.05, 4.69) is 16.6 Å². The van der Waals surface area contributed by atoms with E-state index in [1.165, 1.54) is 4.57 Å². The van der Waals surface area contributed by atoms with Crippen molar-refractivity contribution in [3.05, 3.63) is 35.0 Å². The standard InChI is InChI=1S/C14H14N5O2/c1-18(2)7-11-9-6-16-17-13(20)8-4-3-5-10(12(8)9)19(11)14(15)21/h4-6H,7H2,1-2H3,(H2,15,21)(H,17,20). The summed E-state index contributed by atoms with van der Waals surface area (Å²) in [5.74, 6) is -0.329. The Balaban J connectivity index is 2.45. The average Bonchev–Trinajstić information content (AvgIpc) is 2.60. The van der Waals surface area contributed by atoms with Crippen LogP contribution in [0.4, 0.5) is 4.79 Å². The number of hydrogen-bond acceptors (Lipinski definition) is 4. The fraction of sp³-hybridized carbons (Fsp3) is 0.214. The zero-order valence-electron chi connectivity index (χ0n) is 11.7. The van der Waals surface area contributed by atoms with Crippen molar-refractivity contribution < 1.29 is 9.59 Å². The molecule has 0 saturated heterocycles. The highest BCUT2D eigenvalue weighted by molar-refractivity contribution is 6.16. The van der Waals surface area contributed by atoms with Crippen LogP contribution in [-0.4, -0.2) is 41.7 Å². The van der Waals surface area contributed by atoms with E-state index >= 15 is 0 Å². The second-order valence-corrected chi connectivity index (χ2v) is 5.10. The molecule has 7 heteroatoms. The molecule has 2 amide bonds. The first-order valence-corrected chi connectivity index (χ1v) is 6.36. The molecule has 3 N–H and O–H groups in total. The average molecular weight is 284 g/mol. The first-order chi connectivity index (χ1) is 10.0. The van der Waals surface area contributed by atoms with Gasteiger partial charge in [0.15, 0.2) is 0 Å². The van der Waals surface area contributed by atoms with E-state index in [1.54, 1.807) is 18.3 Å². The Bertz CT molecular complexity index is 788. The highest BCUT2D eigenvalue weighted by Crippen LogP contribution is 2.29. The first kappa shape index (κ1) is 13.3. The zero-order valence-corrected chi connectivity index (χ0v) is 11.7. The molecule has 107 valence electrons. The first-order valence-electron chi connectivity index (χ1n) is 6.36. The summed E-state index contributed by atoms with van der Waals surface area (Å²) in [6.45, 7) is 0.493. The Labute approximate surface area is 121 Å². The monoisotopic (exact) mass is 284 g/mol. The number of aromatic nitrogens is 1. The van der Waals surface area contributed by atoms with Crippen molar-refractivity contribution in [1.82, 2.24) is 14.9 Å². The van der Waals surface area contributed by atoms with E-state index in [1.807, 2.05) is 19.0 Å². The lowest BCUT2D eigenvalue weighted by Gasteiger charge is -2.12. The molecule has 1 aliphatic heterocycles. The summed E-state index contributed by atoms with van der Waals surface area (Å²) < 4.78 is 1.41. The molecule has 0 saturated carbocycles. The molecule has 1 aliphatic rings. The fourth-order valence-corrected chi connectivity index (χ4v) is 2.60. The minimum atomic E-state index is -0.594. The Morgan fingerprint density at radius 2 is 2.24 bits per heavy atom. The number of nitrogens with one attached hydrogen (secondary N) is 1. The third-order valence-electron chi connectivity index (χ3n) is 3.36. The largest absolute Gasteiger partial charge is 0.351 e. The summed E-state index contributed by atoms with van der Waals surface area (Å²) in [6.07, 6.45) is 1.55. The quantitative estimate of drug-likeness (QED) is 0.841. The molecule has 2 heterocycles. The SMILES string of the molecule is CN(C)Cc1c2c3c(c[c]cc3n1C(N)=O)C(=O)NN=C2. The number of carbonyl (C=O) groups is 2. The molecule has 0 spiro atoms. The van der Waals surface area contributed by atoms with Crippen LogP contribution in [0, 0.1) is 6.07 Å². The van der Waals surface area contributed by atoms with Crippen LogP contribution in [0.15, 0.2) is 17.2 Å². The van der Waals surface area contributed by atoms with Gasteiger partial charge in [0.2, 0.25) is 0 Å². The summed E-state index contributed by atoms with van der Waals surface area (Å²) in [6, 6.07) is 5.52. The van der Waals surface area contributed by atoms with Gasteiger partial charge in [-0.2, -0.15) is 5.10 Å². The van der Waals surface area contributed by atoms with E-state index < -0.39 is 6.03 Å². The Morgan fingerprint density at radius 1 is 1.48 bits per heavy atom. The number of primary amides is 1. The molecular weight excluding hydrogens is 270 g/mol. The maximum Gasteiger partial charge on any atom is 0.323 e. The van der Waals surface area contributed by atoms with Gasteiger partial charge in [0.25, 0.3) is 5.91 Å². The Morgan fingerprint density at radius 3 is 2.90 bits per heavy atom. The second kappa shape index (κ2) is 4.71. The molecule has 3 rings (SSSR count). The lowest BCUT2D eigenvalue weighted by molar-refractivity contribution is 0.0957. The van der Waals surface area contributed by atoms with Crippen molar-refractivity contribution in [2.24, 2.45) is 10.8 Å². The van der Waals surface area contributed by atoms with Crippen LogP contribution >= 0.6 is 0 Å². The number of carbonyl (C=O) groups excluding carboxylic acids is 2. The summed E-state index contributed by atoms with van der Waals surface area (Å²) in [4.78, 5) is 25.8. The van der Waals surface area contributed by atoms with Crippen molar-refractivity contribution in [3.8, 4) is 0 Å². The molecule has 0 bridgehead atoms. The zero-order chi connectivity index (χ0) is 15.1. The Hall–Kier alpha value is -2.67. The fourth-order valence-electron chi connectivity index (χ4n) is 2.60. The number of nitrogens with zero attached hydrogens (tertiary/aromatic N) is 3. The summed E-state index contributed by atoms with van der Waals surface area (Å²) in [5.41, 5.74) is 10.4.